The van der Waals surface area contributed by atoms with Gasteiger partial charge in [0.15, 0.2) is 0 Å². The third kappa shape index (κ3) is 2.81. The molecule has 27 heavy (non-hydrogen) atoms. The highest BCUT2D eigenvalue weighted by Gasteiger charge is 2.33. The molecule has 4 rings (SSSR count). The molecular formula is C20H24FN3O3. The first-order chi connectivity index (χ1) is 12.9. The molecule has 0 spiro atoms. The fourth-order valence-corrected chi connectivity index (χ4v) is 4.54. The van der Waals surface area contributed by atoms with Gasteiger partial charge in [-0.1, -0.05) is 6.92 Å². The molecule has 0 amide bonds. The summed E-state index contributed by atoms with van der Waals surface area (Å²) in [5.74, 6) is -1.23. The molecule has 2 aliphatic rings. The maximum Gasteiger partial charge on any atom is 0.341 e. The van der Waals surface area contributed by atoms with E-state index in [0.717, 1.165) is 38.2 Å². The van der Waals surface area contributed by atoms with E-state index in [1.807, 2.05) is 11.5 Å². The van der Waals surface area contributed by atoms with Gasteiger partial charge in [0.25, 0.3) is 0 Å². The Labute approximate surface area is 156 Å². The monoisotopic (exact) mass is 373 g/mol. The highest BCUT2D eigenvalue weighted by Crippen LogP contribution is 2.40. The lowest BCUT2D eigenvalue weighted by atomic mass is 10.0. The van der Waals surface area contributed by atoms with Crippen LogP contribution in [0, 0.1) is 11.7 Å². The predicted molar refractivity (Wildman–Crippen MR) is 102 cm³/mol. The van der Waals surface area contributed by atoms with Crippen LogP contribution in [0.3, 0.4) is 0 Å². The largest absolute Gasteiger partial charge is 0.477 e. The van der Waals surface area contributed by atoms with Crippen molar-refractivity contribution in [1.29, 1.82) is 0 Å². The van der Waals surface area contributed by atoms with E-state index in [2.05, 4.69) is 17.1 Å². The normalized spacial score (nSPS) is 21.4. The summed E-state index contributed by atoms with van der Waals surface area (Å²) in [4.78, 5) is 26.1. The molecule has 7 heteroatoms. The molecule has 1 saturated heterocycles. The fourth-order valence-electron chi connectivity index (χ4n) is 4.54. The van der Waals surface area contributed by atoms with Crippen LogP contribution < -0.4 is 15.6 Å². The highest BCUT2D eigenvalue weighted by atomic mass is 19.1. The Morgan fingerprint density at radius 1 is 1.44 bits per heavy atom. The summed E-state index contributed by atoms with van der Waals surface area (Å²) in [6.45, 7) is 7.45. The van der Waals surface area contributed by atoms with Gasteiger partial charge in [0.1, 0.15) is 11.4 Å². The molecule has 1 aromatic heterocycles. The Balaban J connectivity index is 1.84. The third-order valence-electron chi connectivity index (χ3n) is 5.83. The number of aromatic nitrogens is 1. The average Bonchev–Trinajstić information content (AvgIpc) is 3.21. The lowest BCUT2D eigenvalue weighted by Crippen LogP contribution is -2.27. The number of rotatable bonds is 5. The molecule has 2 atom stereocenters. The molecule has 2 aromatic rings. The van der Waals surface area contributed by atoms with E-state index in [-0.39, 0.29) is 17.0 Å². The molecule has 0 aliphatic carbocycles. The zero-order valence-electron chi connectivity index (χ0n) is 15.6. The average molecular weight is 373 g/mol. The van der Waals surface area contributed by atoms with Crippen molar-refractivity contribution >= 4 is 22.6 Å². The van der Waals surface area contributed by atoms with Crippen molar-refractivity contribution in [3.63, 3.8) is 0 Å². The summed E-state index contributed by atoms with van der Waals surface area (Å²) in [6, 6.07) is 1.22. The summed E-state index contributed by atoms with van der Waals surface area (Å²) in [5, 5.41) is 12.8. The number of hydrogen-bond donors (Lipinski definition) is 2. The van der Waals surface area contributed by atoms with Crippen LogP contribution in [0.1, 0.15) is 42.2 Å². The fraction of sp³-hybridized carbons (Fsp3) is 0.500. The Morgan fingerprint density at radius 3 is 2.93 bits per heavy atom. The molecule has 3 heterocycles. The molecule has 1 fully saturated rings. The van der Waals surface area contributed by atoms with Crippen LogP contribution in [0.5, 0.6) is 0 Å². The molecule has 2 aliphatic heterocycles. The van der Waals surface area contributed by atoms with E-state index in [1.165, 1.54) is 12.3 Å². The van der Waals surface area contributed by atoms with E-state index in [9.17, 15) is 14.7 Å². The van der Waals surface area contributed by atoms with Gasteiger partial charge in [0, 0.05) is 36.3 Å². The van der Waals surface area contributed by atoms with Crippen molar-refractivity contribution < 1.29 is 14.3 Å². The van der Waals surface area contributed by atoms with E-state index >= 15 is 4.39 Å². The Hall–Kier alpha value is -2.41. The van der Waals surface area contributed by atoms with Crippen molar-refractivity contribution in [2.24, 2.45) is 5.92 Å². The first-order valence-electron chi connectivity index (χ1n) is 9.51. The number of benzene rings is 1. The van der Waals surface area contributed by atoms with Gasteiger partial charge in [0.2, 0.25) is 5.43 Å². The minimum Gasteiger partial charge on any atom is -0.477 e. The van der Waals surface area contributed by atoms with E-state index < -0.39 is 17.2 Å². The number of nitrogens with one attached hydrogen (secondary N) is 1. The van der Waals surface area contributed by atoms with Crippen LogP contribution in [0.25, 0.3) is 10.9 Å². The second-order valence-corrected chi connectivity index (χ2v) is 7.63. The van der Waals surface area contributed by atoms with E-state index in [1.54, 1.807) is 0 Å². The molecule has 6 nitrogen and oxygen atoms in total. The number of carbonyl (C=O) groups is 1. The summed E-state index contributed by atoms with van der Waals surface area (Å²) in [7, 11) is 0. The van der Waals surface area contributed by atoms with Crippen molar-refractivity contribution in [2.45, 2.75) is 32.7 Å². The summed E-state index contributed by atoms with van der Waals surface area (Å²) in [5.41, 5.74) is 1.18. The lowest BCUT2D eigenvalue weighted by molar-refractivity contribution is 0.0694. The number of anilines is 1. The minimum atomic E-state index is -1.28. The molecule has 0 saturated carbocycles. The number of pyridine rings is 1. The second kappa shape index (κ2) is 6.64. The minimum absolute atomic E-state index is 0.0121. The Bertz CT molecular complexity index is 985. The number of nitrogens with zero attached hydrogens (tertiary/aromatic N) is 2. The molecular weight excluding hydrogens is 349 g/mol. The smallest absolute Gasteiger partial charge is 0.341 e. The molecule has 0 radical (unpaired) electrons. The maximum absolute atomic E-state index is 15.1. The SMILES string of the molecule is CCNCC1CCN(c2c(F)cc3c(=O)c(C(=O)O)cn4c3c2C[C@@H]4C)C1. The topological polar surface area (TPSA) is 74.6 Å². The van der Waals surface area contributed by atoms with E-state index in [4.69, 9.17) is 0 Å². The molecule has 2 N–H and O–H groups in total. The number of carboxylic acid groups (broad SMARTS) is 1. The van der Waals surface area contributed by atoms with Gasteiger partial charge in [-0.25, -0.2) is 9.18 Å². The van der Waals surface area contributed by atoms with Gasteiger partial charge in [-0.15, -0.1) is 0 Å². The molecule has 144 valence electrons. The number of carboxylic acids is 1. The highest BCUT2D eigenvalue weighted by molar-refractivity contribution is 5.96. The molecule has 1 unspecified atom stereocenters. The van der Waals surface area contributed by atoms with Gasteiger partial charge in [0.05, 0.1) is 11.2 Å². The number of aromatic carboxylic acids is 1. The summed E-state index contributed by atoms with van der Waals surface area (Å²) < 4.78 is 16.9. The summed E-state index contributed by atoms with van der Waals surface area (Å²) >= 11 is 0. The second-order valence-electron chi connectivity index (χ2n) is 7.63. The van der Waals surface area contributed by atoms with Gasteiger partial charge in [-0.2, -0.15) is 0 Å². The van der Waals surface area contributed by atoms with Crippen LogP contribution in [-0.2, 0) is 6.42 Å². The van der Waals surface area contributed by atoms with Crippen molar-refractivity contribution in [3.05, 3.63) is 39.4 Å². The lowest BCUT2D eigenvalue weighted by Gasteiger charge is -2.22. The maximum atomic E-state index is 15.1. The standard InChI is InChI=1S/C20H24FN3O3/c1-3-22-8-12-4-5-23(9-12)18-13-6-11(2)24-10-15(20(26)27)19(25)14(17(13)24)7-16(18)21/h7,10-12,22H,3-6,8-9H2,1-2H3,(H,26,27)/t11-,12?/m0/s1. The van der Waals surface area contributed by atoms with Crippen LogP contribution in [0.2, 0.25) is 0 Å². The number of hydrogen-bond acceptors (Lipinski definition) is 4. The first kappa shape index (κ1) is 18.0. The van der Waals surface area contributed by atoms with Gasteiger partial charge in [-0.05, 0) is 44.8 Å². The quantitative estimate of drug-likeness (QED) is 0.842. The van der Waals surface area contributed by atoms with Crippen LogP contribution >= 0.6 is 0 Å². The predicted octanol–water partition coefficient (Wildman–Crippen LogP) is 2.39. The van der Waals surface area contributed by atoms with Gasteiger partial charge < -0.3 is 19.9 Å². The number of halogens is 1. The first-order valence-corrected chi connectivity index (χ1v) is 9.51. The van der Waals surface area contributed by atoms with Crippen LogP contribution in [-0.4, -0.2) is 41.8 Å². The van der Waals surface area contributed by atoms with Crippen molar-refractivity contribution in [1.82, 2.24) is 9.88 Å². The van der Waals surface area contributed by atoms with Crippen molar-refractivity contribution in [2.75, 3.05) is 31.1 Å². The van der Waals surface area contributed by atoms with Crippen molar-refractivity contribution in [3.8, 4) is 0 Å². The van der Waals surface area contributed by atoms with E-state index in [0.29, 0.717) is 23.5 Å². The zero-order chi connectivity index (χ0) is 19.3. The molecule has 1 aromatic carbocycles. The van der Waals surface area contributed by atoms with Crippen LogP contribution in [0.4, 0.5) is 10.1 Å². The van der Waals surface area contributed by atoms with Gasteiger partial charge >= 0.3 is 5.97 Å². The Morgan fingerprint density at radius 2 is 2.22 bits per heavy atom. The summed E-state index contributed by atoms with van der Waals surface area (Å²) in [6.07, 6.45) is 3.01. The van der Waals surface area contributed by atoms with Crippen LogP contribution in [0.15, 0.2) is 17.1 Å². The third-order valence-corrected chi connectivity index (χ3v) is 5.83. The molecule has 0 bridgehead atoms. The Kier molecular flexibility index (Phi) is 4.42. The zero-order valence-corrected chi connectivity index (χ0v) is 15.6. The van der Waals surface area contributed by atoms with Gasteiger partial charge in [-0.3, -0.25) is 4.79 Å².